The first-order valence-corrected chi connectivity index (χ1v) is 3.63. The van der Waals surface area contributed by atoms with Gasteiger partial charge in [-0.2, -0.15) is 0 Å². The van der Waals surface area contributed by atoms with Crippen LogP contribution in [0.15, 0.2) is 30.7 Å². The van der Waals surface area contributed by atoms with E-state index < -0.39 is 0 Å². The third-order valence-corrected chi connectivity index (χ3v) is 1.77. The summed E-state index contributed by atoms with van der Waals surface area (Å²) in [6.45, 7) is 0. The second-order valence-corrected chi connectivity index (χ2v) is 2.54. The van der Waals surface area contributed by atoms with E-state index in [4.69, 9.17) is 12.2 Å². The van der Waals surface area contributed by atoms with Crippen molar-refractivity contribution in [1.29, 1.82) is 0 Å². The molecule has 0 aromatic carbocycles. The van der Waals surface area contributed by atoms with Gasteiger partial charge in [0.25, 0.3) is 5.52 Å². The highest BCUT2D eigenvalue weighted by Crippen LogP contribution is 1.92. The van der Waals surface area contributed by atoms with Gasteiger partial charge in [-0.3, -0.25) is 0 Å². The molecule has 3 nitrogen and oxygen atoms in total. The van der Waals surface area contributed by atoms with Crippen LogP contribution in [0.2, 0.25) is 0 Å². The van der Waals surface area contributed by atoms with Gasteiger partial charge in [0.1, 0.15) is 6.33 Å². The number of aromatic amines is 1. The Morgan fingerprint density at radius 3 is 3.18 bits per heavy atom. The van der Waals surface area contributed by atoms with Crippen LogP contribution in [0.1, 0.15) is 0 Å². The summed E-state index contributed by atoms with van der Waals surface area (Å²) in [4.78, 5) is 3.95. The maximum Gasteiger partial charge on any atom is 0.272 e. The van der Waals surface area contributed by atoms with E-state index in [1.165, 1.54) is 0 Å². The third-order valence-electron chi connectivity index (χ3n) is 1.46. The molecule has 0 spiro atoms. The summed E-state index contributed by atoms with van der Waals surface area (Å²) >= 11 is 5.00. The molecule has 2 aromatic heterocycles. The molecule has 0 amide bonds. The van der Waals surface area contributed by atoms with Crippen molar-refractivity contribution in [3.8, 4) is 0 Å². The van der Waals surface area contributed by atoms with E-state index in [1.54, 1.807) is 6.33 Å². The second kappa shape index (κ2) is 2.39. The SMILES string of the molecule is S=c1nc[nH][n+]2ccccc12. The molecule has 0 aliphatic heterocycles. The third kappa shape index (κ3) is 1.01. The largest absolute Gasteiger partial charge is 0.272 e. The first-order chi connectivity index (χ1) is 5.38. The second-order valence-electron chi connectivity index (χ2n) is 2.15. The van der Waals surface area contributed by atoms with Gasteiger partial charge in [0.05, 0.1) is 0 Å². The fourth-order valence-corrected chi connectivity index (χ4v) is 1.16. The van der Waals surface area contributed by atoms with Crippen LogP contribution in [0.5, 0.6) is 0 Å². The summed E-state index contributed by atoms with van der Waals surface area (Å²) in [7, 11) is 0. The van der Waals surface area contributed by atoms with Gasteiger partial charge in [-0.1, -0.05) is 16.7 Å². The fraction of sp³-hybridized carbons (Fsp3) is 0. The molecular weight excluding hydrogens is 158 g/mol. The molecule has 0 unspecified atom stereocenters. The minimum atomic E-state index is 0.615. The zero-order chi connectivity index (χ0) is 7.68. The Kier molecular flexibility index (Phi) is 1.40. The zero-order valence-electron chi connectivity index (χ0n) is 5.69. The number of H-pyrrole nitrogens is 1. The molecule has 0 bridgehead atoms. The highest BCUT2D eigenvalue weighted by atomic mass is 32.1. The van der Waals surface area contributed by atoms with Crippen molar-refractivity contribution < 1.29 is 4.52 Å². The van der Waals surface area contributed by atoms with Crippen molar-refractivity contribution in [2.75, 3.05) is 0 Å². The molecule has 0 saturated carbocycles. The summed E-state index contributed by atoms with van der Waals surface area (Å²) in [6.07, 6.45) is 3.47. The Morgan fingerprint density at radius 1 is 1.45 bits per heavy atom. The van der Waals surface area contributed by atoms with Crippen molar-refractivity contribution in [3.05, 3.63) is 35.4 Å². The van der Waals surface area contributed by atoms with Crippen molar-refractivity contribution in [1.82, 2.24) is 10.1 Å². The number of nitrogens with one attached hydrogen (secondary N) is 1. The maximum atomic E-state index is 5.00. The lowest BCUT2D eigenvalue weighted by molar-refractivity contribution is -0.581. The van der Waals surface area contributed by atoms with Crippen molar-refractivity contribution >= 4 is 17.7 Å². The Morgan fingerprint density at radius 2 is 2.36 bits per heavy atom. The summed E-state index contributed by atoms with van der Waals surface area (Å²) in [6, 6.07) is 5.78. The van der Waals surface area contributed by atoms with Gasteiger partial charge in [0.15, 0.2) is 0 Å². The maximum absolute atomic E-state index is 5.00. The van der Waals surface area contributed by atoms with Gasteiger partial charge in [-0.05, 0) is 6.07 Å². The van der Waals surface area contributed by atoms with Gasteiger partial charge >= 0.3 is 0 Å². The van der Waals surface area contributed by atoms with Crippen molar-refractivity contribution in [2.24, 2.45) is 0 Å². The van der Waals surface area contributed by atoms with Crippen LogP contribution >= 0.6 is 12.2 Å². The zero-order valence-corrected chi connectivity index (χ0v) is 6.51. The van der Waals surface area contributed by atoms with Crippen LogP contribution in [0, 0.1) is 4.64 Å². The summed E-state index contributed by atoms with van der Waals surface area (Å²) in [5.74, 6) is 0. The Labute approximate surface area is 68.3 Å². The first-order valence-electron chi connectivity index (χ1n) is 3.22. The number of fused-ring (bicyclic) bond motifs is 1. The van der Waals surface area contributed by atoms with Crippen LogP contribution < -0.4 is 4.52 Å². The van der Waals surface area contributed by atoms with Crippen LogP contribution in [-0.2, 0) is 0 Å². The van der Waals surface area contributed by atoms with E-state index in [0.717, 1.165) is 5.52 Å². The van der Waals surface area contributed by atoms with Gasteiger partial charge in [0.2, 0.25) is 10.8 Å². The highest BCUT2D eigenvalue weighted by Gasteiger charge is 1.99. The van der Waals surface area contributed by atoms with Crippen LogP contribution in [0.3, 0.4) is 0 Å². The minimum Gasteiger partial charge on any atom is -0.215 e. The van der Waals surface area contributed by atoms with Gasteiger partial charge in [-0.25, -0.2) is 4.98 Å². The van der Waals surface area contributed by atoms with Crippen LogP contribution in [-0.4, -0.2) is 10.1 Å². The van der Waals surface area contributed by atoms with Gasteiger partial charge in [0, 0.05) is 12.1 Å². The quantitative estimate of drug-likeness (QED) is 0.463. The van der Waals surface area contributed by atoms with Crippen LogP contribution in [0.25, 0.3) is 5.52 Å². The number of rotatable bonds is 0. The van der Waals surface area contributed by atoms with Gasteiger partial charge < -0.3 is 0 Å². The summed E-state index contributed by atoms with van der Waals surface area (Å²) < 4.78 is 2.44. The average Bonchev–Trinajstić information content (AvgIpc) is 2.06. The van der Waals surface area contributed by atoms with E-state index in [-0.39, 0.29) is 0 Å². The molecule has 54 valence electrons. The summed E-state index contributed by atoms with van der Waals surface area (Å²) in [5, 5.41) is 2.93. The first kappa shape index (κ1) is 6.42. The number of hydrogen-bond acceptors (Lipinski definition) is 2. The Hall–Kier alpha value is -1.29. The smallest absolute Gasteiger partial charge is 0.215 e. The summed E-state index contributed by atoms with van der Waals surface area (Å²) in [5.41, 5.74) is 0.921. The monoisotopic (exact) mass is 164 g/mol. The average molecular weight is 164 g/mol. The molecule has 0 aliphatic carbocycles. The predicted molar refractivity (Wildman–Crippen MR) is 42.6 cm³/mol. The molecule has 0 saturated heterocycles. The molecule has 4 heteroatoms. The molecular formula is C7H6N3S+. The van der Waals surface area contributed by atoms with E-state index in [2.05, 4.69) is 10.1 Å². The van der Waals surface area contributed by atoms with Gasteiger partial charge in [-0.15, -0.1) is 5.10 Å². The Bertz CT molecular complexity index is 429. The van der Waals surface area contributed by atoms with E-state index in [9.17, 15) is 0 Å². The molecule has 0 fully saturated rings. The molecule has 11 heavy (non-hydrogen) atoms. The number of hydrogen-bond donors (Lipinski definition) is 1. The molecule has 0 atom stereocenters. The molecule has 0 radical (unpaired) electrons. The number of nitrogens with zero attached hydrogens (tertiary/aromatic N) is 2. The highest BCUT2D eigenvalue weighted by molar-refractivity contribution is 7.71. The molecule has 1 N–H and O–H groups in total. The molecule has 2 heterocycles. The lowest BCUT2D eigenvalue weighted by Crippen LogP contribution is -2.26. The minimum absolute atomic E-state index is 0.615. The van der Waals surface area contributed by atoms with Crippen molar-refractivity contribution in [3.63, 3.8) is 0 Å². The predicted octanol–water partition coefficient (Wildman–Crippen LogP) is 0.878. The normalized spacial score (nSPS) is 10.2. The van der Waals surface area contributed by atoms with E-state index >= 15 is 0 Å². The van der Waals surface area contributed by atoms with E-state index in [0.29, 0.717) is 4.64 Å². The Balaban J connectivity index is 3.03. The number of aromatic nitrogens is 3. The lowest BCUT2D eigenvalue weighted by Gasteiger charge is -1.86. The standard InChI is InChI=1S/C7H5N3S/c11-7-6-3-1-2-4-10(6)9-5-8-7/h1-5H/p+1. The van der Waals surface area contributed by atoms with Crippen LogP contribution in [0.4, 0.5) is 0 Å². The molecule has 0 aliphatic rings. The molecule has 2 aromatic rings. The number of pyridine rings is 1. The lowest BCUT2D eigenvalue weighted by atomic mass is 10.4. The van der Waals surface area contributed by atoms with E-state index in [1.807, 2.05) is 28.9 Å². The fourth-order valence-electron chi connectivity index (χ4n) is 0.946. The van der Waals surface area contributed by atoms with Crippen molar-refractivity contribution in [2.45, 2.75) is 0 Å². The molecule has 2 rings (SSSR count). The topological polar surface area (TPSA) is 32.8 Å².